The van der Waals surface area contributed by atoms with Crippen LogP contribution in [0.2, 0.25) is 0 Å². The highest BCUT2D eigenvalue weighted by atomic mass is 15.4. The zero-order valence-corrected chi connectivity index (χ0v) is 9.87. The lowest BCUT2D eigenvalue weighted by molar-refractivity contribution is 0.602. The normalized spacial score (nSPS) is 12.6. The molecule has 0 spiro atoms. The van der Waals surface area contributed by atoms with Crippen molar-refractivity contribution in [1.29, 1.82) is 0 Å². The largest absolute Gasteiger partial charge is 0.368 e. The molecule has 1 heterocycles. The molecule has 5 heteroatoms. The number of rotatable bonds is 4. The van der Waals surface area contributed by atoms with Gasteiger partial charge in [0.15, 0.2) is 5.82 Å². The Kier molecular flexibility index (Phi) is 3.39. The van der Waals surface area contributed by atoms with E-state index in [4.69, 9.17) is 11.5 Å². The molecule has 1 aromatic heterocycles. The minimum atomic E-state index is -0.168. The molecule has 2 rings (SSSR count). The number of nitrogens with zero attached hydrogens (tertiary/aromatic N) is 3. The Hall–Kier alpha value is -1.88. The van der Waals surface area contributed by atoms with E-state index in [1.807, 2.05) is 18.2 Å². The molecule has 1 aromatic carbocycles. The molecule has 17 heavy (non-hydrogen) atoms. The Labute approximate surface area is 100 Å². The first-order valence-corrected chi connectivity index (χ1v) is 5.62. The van der Waals surface area contributed by atoms with Crippen LogP contribution in [0.4, 0.5) is 5.95 Å². The van der Waals surface area contributed by atoms with Gasteiger partial charge in [0.2, 0.25) is 5.95 Å². The summed E-state index contributed by atoms with van der Waals surface area (Å²) < 4.78 is 1.54. The van der Waals surface area contributed by atoms with E-state index in [0.717, 1.165) is 12.8 Å². The fourth-order valence-corrected chi connectivity index (χ4v) is 1.67. The number of nitrogen functional groups attached to an aromatic ring is 1. The Morgan fingerprint density at radius 2 is 2.00 bits per heavy atom. The summed E-state index contributed by atoms with van der Waals surface area (Å²) >= 11 is 0. The molecule has 0 unspecified atom stereocenters. The van der Waals surface area contributed by atoms with Crippen LogP contribution in [-0.4, -0.2) is 14.8 Å². The molecule has 0 amide bonds. The average molecular weight is 231 g/mol. The number of nitrogens with two attached hydrogens (primary N) is 2. The number of anilines is 1. The molecular weight excluding hydrogens is 214 g/mol. The second-order valence-electron chi connectivity index (χ2n) is 4.08. The van der Waals surface area contributed by atoms with Crippen molar-refractivity contribution in [2.45, 2.75) is 18.9 Å². The van der Waals surface area contributed by atoms with Crippen molar-refractivity contribution in [3.8, 4) is 0 Å². The summed E-state index contributed by atoms with van der Waals surface area (Å²) in [4.78, 5) is 4.13. The lowest BCUT2D eigenvalue weighted by Gasteiger charge is -2.07. The molecule has 0 saturated carbocycles. The third kappa shape index (κ3) is 2.82. The summed E-state index contributed by atoms with van der Waals surface area (Å²) in [6, 6.07) is 10.1. The molecule has 0 aliphatic heterocycles. The molecule has 0 radical (unpaired) electrons. The molecule has 0 fully saturated rings. The van der Waals surface area contributed by atoms with Crippen molar-refractivity contribution in [3.63, 3.8) is 0 Å². The summed E-state index contributed by atoms with van der Waals surface area (Å²) in [6.07, 6.45) is 1.73. The smallest absolute Gasteiger partial charge is 0.218 e. The molecule has 90 valence electrons. The van der Waals surface area contributed by atoms with E-state index in [2.05, 4.69) is 22.2 Å². The van der Waals surface area contributed by atoms with E-state index in [9.17, 15) is 0 Å². The van der Waals surface area contributed by atoms with Crippen LogP contribution in [0.3, 0.4) is 0 Å². The molecule has 0 saturated heterocycles. The minimum absolute atomic E-state index is 0.168. The predicted molar refractivity (Wildman–Crippen MR) is 67.1 cm³/mol. The van der Waals surface area contributed by atoms with Gasteiger partial charge in [-0.15, -0.1) is 0 Å². The fraction of sp³-hybridized carbons (Fsp3) is 0.333. The zero-order chi connectivity index (χ0) is 12.3. The van der Waals surface area contributed by atoms with Gasteiger partial charge in [0.05, 0.1) is 6.04 Å². The minimum Gasteiger partial charge on any atom is -0.368 e. The number of aryl methyl sites for hydroxylation is 2. The van der Waals surface area contributed by atoms with Crippen LogP contribution in [0, 0.1) is 0 Å². The van der Waals surface area contributed by atoms with Crippen molar-refractivity contribution in [2.75, 3.05) is 5.73 Å². The summed E-state index contributed by atoms with van der Waals surface area (Å²) in [5, 5.41) is 4.18. The highest BCUT2D eigenvalue weighted by Crippen LogP contribution is 2.14. The van der Waals surface area contributed by atoms with Gasteiger partial charge in [-0.25, -0.2) is 4.68 Å². The molecule has 4 N–H and O–H groups in total. The van der Waals surface area contributed by atoms with Gasteiger partial charge in [0.25, 0.3) is 0 Å². The maximum atomic E-state index is 6.03. The second-order valence-corrected chi connectivity index (χ2v) is 4.08. The van der Waals surface area contributed by atoms with Crippen molar-refractivity contribution in [1.82, 2.24) is 14.8 Å². The Bertz CT molecular complexity index is 457. The molecule has 1 atom stereocenters. The molecule has 5 nitrogen and oxygen atoms in total. The van der Waals surface area contributed by atoms with Crippen LogP contribution >= 0.6 is 0 Å². The first-order chi connectivity index (χ1) is 8.16. The lowest BCUT2D eigenvalue weighted by Crippen LogP contribution is -2.13. The van der Waals surface area contributed by atoms with Crippen molar-refractivity contribution in [3.05, 3.63) is 41.7 Å². The van der Waals surface area contributed by atoms with E-state index in [1.54, 1.807) is 7.05 Å². The monoisotopic (exact) mass is 231 g/mol. The van der Waals surface area contributed by atoms with Gasteiger partial charge < -0.3 is 11.5 Å². The quantitative estimate of drug-likeness (QED) is 0.823. The second kappa shape index (κ2) is 4.97. The lowest BCUT2D eigenvalue weighted by atomic mass is 10.1. The first-order valence-electron chi connectivity index (χ1n) is 5.62. The van der Waals surface area contributed by atoms with E-state index < -0.39 is 0 Å². The van der Waals surface area contributed by atoms with E-state index in [1.165, 1.54) is 10.2 Å². The van der Waals surface area contributed by atoms with Crippen LogP contribution < -0.4 is 11.5 Å². The molecule has 0 bridgehead atoms. The van der Waals surface area contributed by atoms with Crippen molar-refractivity contribution in [2.24, 2.45) is 12.8 Å². The van der Waals surface area contributed by atoms with E-state index >= 15 is 0 Å². The SMILES string of the molecule is Cn1nc([C@@H](N)CCc2ccccc2)nc1N. The van der Waals surface area contributed by atoms with Crippen molar-refractivity contribution >= 4 is 5.95 Å². The van der Waals surface area contributed by atoms with Gasteiger partial charge in [-0.3, -0.25) is 0 Å². The maximum absolute atomic E-state index is 6.03. The third-order valence-corrected chi connectivity index (χ3v) is 2.73. The fourth-order valence-electron chi connectivity index (χ4n) is 1.67. The number of hydrogen-bond acceptors (Lipinski definition) is 4. The maximum Gasteiger partial charge on any atom is 0.218 e. The number of aromatic nitrogens is 3. The van der Waals surface area contributed by atoms with Gasteiger partial charge in [-0.1, -0.05) is 30.3 Å². The molecule has 0 aliphatic rings. The Balaban J connectivity index is 1.96. The van der Waals surface area contributed by atoms with Crippen LogP contribution in [0.1, 0.15) is 23.9 Å². The topological polar surface area (TPSA) is 82.8 Å². The van der Waals surface area contributed by atoms with Crippen LogP contribution in [0.15, 0.2) is 30.3 Å². The molecular formula is C12H17N5. The zero-order valence-electron chi connectivity index (χ0n) is 9.87. The summed E-state index contributed by atoms with van der Waals surface area (Å²) in [6.45, 7) is 0. The van der Waals surface area contributed by atoms with Crippen LogP contribution in [0.25, 0.3) is 0 Å². The van der Waals surface area contributed by atoms with E-state index in [0.29, 0.717) is 11.8 Å². The van der Waals surface area contributed by atoms with Crippen molar-refractivity contribution < 1.29 is 0 Å². The predicted octanol–water partition coefficient (Wildman–Crippen LogP) is 1.03. The average Bonchev–Trinajstić information content (AvgIpc) is 2.68. The Morgan fingerprint density at radius 3 is 2.59 bits per heavy atom. The molecule has 0 aliphatic carbocycles. The standard InChI is InChI=1S/C12H17N5/c1-17-12(14)15-11(16-17)10(13)8-7-9-5-3-2-4-6-9/h2-6,10H,7-8,13H2,1H3,(H2,14,15,16)/t10-/m0/s1. The number of hydrogen-bond donors (Lipinski definition) is 2. The van der Waals surface area contributed by atoms with Gasteiger partial charge >= 0.3 is 0 Å². The highest BCUT2D eigenvalue weighted by molar-refractivity contribution is 5.18. The van der Waals surface area contributed by atoms with E-state index in [-0.39, 0.29) is 6.04 Å². The summed E-state index contributed by atoms with van der Waals surface area (Å²) in [7, 11) is 1.76. The van der Waals surface area contributed by atoms with Crippen LogP contribution in [0.5, 0.6) is 0 Å². The summed E-state index contributed by atoms with van der Waals surface area (Å²) in [5.74, 6) is 1.01. The summed E-state index contributed by atoms with van der Waals surface area (Å²) in [5.41, 5.74) is 12.9. The highest BCUT2D eigenvalue weighted by Gasteiger charge is 2.12. The van der Waals surface area contributed by atoms with Gasteiger partial charge in [-0.05, 0) is 18.4 Å². The Morgan fingerprint density at radius 1 is 1.29 bits per heavy atom. The van der Waals surface area contributed by atoms with Gasteiger partial charge in [-0.2, -0.15) is 10.1 Å². The first kappa shape index (κ1) is 11.6. The van der Waals surface area contributed by atoms with Gasteiger partial charge in [0.1, 0.15) is 0 Å². The molecule has 2 aromatic rings. The third-order valence-electron chi connectivity index (χ3n) is 2.73. The van der Waals surface area contributed by atoms with Crippen LogP contribution in [-0.2, 0) is 13.5 Å². The number of benzene rings is 1. The van der Waals surface area contributed by atoms with Gasteiger partial charge in [0, 0.05) is 7.05 Å².